The molecule has 0 radical (unpaired) electrons. The Labute approximate surface area is 110 Å². The van der Waals surface area contributed by atoms with Gasteiger partial charge in [-0.15, -0.1) is 0 Å². The van der Waals surface area contributed by atoms with E-state index in [1.807, 2.05) is 0 Å². The highest BCUT2D eigenvalue weighted by atomic mass is 35.5. The third-order valence-electron chi connectivity index (χ3n) is 2.28. The van der Waals surface area contributed by atoms with Gasteiger partial charge in [-0.1, -0.05) is 35.9 Å². The van der Waals surface area contributed by atoms with Crippen LogP contribution in [-0.2, 0) is 10.0 Å². The molecule has 0 aliphatic heterocycles. The van der Waals surface area contributed by atoms with Gasteiger partial charge in [-0.2, -0.15) is 0 Å². The van der Waals surface area contributed by atoms with Crippen LogP contribution in [0.2, 0.25) is 5.02 Å². The Kier molecular flexibility index (Phi) is 3.45. The summed E-state index contributed by atoms with van der Waals surface area (Å²) in [5.41, 5.74) is -0.0250. The van der Waals surface area contributed by atoms with Crippen molar-refractivity contribution in [2.24, 2.45) is 0 Å². The van der Waals surface area contributed by atoms with Gasteiger partial charge in [0.1, 0.15) is 11.4 Å². The summed E-state index contributed by atoms with van der Waals surface area (Å²) in [5.74, 6) is -0.220. The topological polar surface area (TPSA) is 66.4 Å². The molecule has 2 N–H and O–H groups in total. The Hall–Kier alpha value is -1.72. The predicted molar refractivity (Wildman–Crippen MR) is 70.4 cm³/mol. The third kappa shape index (κ3) is 2.57. The molecular formula is C12H10ClNO3S. The van der Waals surface area contributed by atoms with E-state index < -0.39 is 10.0 Å². The summed E-state index contributed by atoms with van der Waals surface area (Å²) in [5, 5.41) is 9.72. The van der Waals surface area contributed by atoms with Crippen molar-refractivity contribution < 1.29 is 13.5 Å². The average molecular weight is 284 g/mol. The molecule has 94 valence electrons. The van der Waals surface area contributed by atoms with Crippen LogP contribution in [0.15, 0.2) is 53.4 Å². The van der Waals surface area contributed by atoms with Crippen LogP contribution in [0.1, 0.15) is 0 Å². The van der Waals surface area contributed by atoms with E-state index in [4.69, 9.17) is 11.6 Å². The number of hydrogen-bond acceptors (Lipinski definition) is 3. The van der Waals surface area contributed by atoms with Gasteiger partial charge >= 0.3 is 0 Å². The normalized spacial score (nSPS) is 11.2. The molecule has 18 heavy (non-hydrogen) atoms. The zero-order valence-corrected chi connectivity index (χ0v) is 10.7. The summed E-state index contributed by atoms with van der Waals surface area (Å²) >= 11 is 5.84. The Balaban J connectivity index is 2.41. The van der Waals surface area contributed by atoms with Crippen LogP contribution in [-0.4, -0.2) is 13.5 Å². The lowest BCUT2D eigenvalue weighted by molar-refractivity contribution is 0.477. The van der Waals surface area contributed by atoms with E-state index in [0.29, 0.717) is 0 Å². The summed E-state index contributed by atoms with van der Waals surface area (Å²) in [7, 11) is -3.75. The number of sulfonamides is 1. The Morgan fingerprint density at radius 2 is 1.67 bits per heavy atom. The standard InChI is InChI=1S/C12H10ClNO3S/c13-10-7-4-8-11(15)12(10)14-18(16,17)9-5-2-1-3-6-9/h1-8,14-15H. The molecule has 0 heterocycles. The third-order valence-corrected chi connectivity index (χ3v) is 3.96. The molecule has 0 aliphatic rings. The van der Waals surface area contributed by atoms with E-state index in [1.165, 1.54) is 30.3 Å². The molecule has 0 spiro atoms. The molecule has 0 bridgehead atoms. The fraction of sp³-hybridized carbons (Fsp3) is 0. The number of aromatic hydroxyl groups is 1. The largest absolute Gasteiger partial charge is 0.506 e. The second-order valence-corrected chi connectivity index (χ2v) is 5.64. The lowest BCUT2D eigenvalue weighted by atomic mass is 10.3. The van der Waals surface area contributed by atoms with Gasteiger partial charge in [-0.05, 0) is 24.3 Å². The monoisotopic (exact) mass is 283 g/mol. The quantitative estimate of drug-likeness (QED) is 0.851. The molecule has 2 aromatic rings. The van der Waals surface area contributed by atoms with Gasteiger partial charge in [0.2, 0.25) is 0 Å². The molecule has 0 saturated carbocycles. The summed E-state index contributed by atoms with van der Waals surface area (Å²) in [6, 6.07) is 12.2. The van der Waals surface area contributed by atoms with Crippen molar-refractivity contribution in [2.45, 2.75) is 4.90 Å². The number of nitrogens with one attached hydrogen (secondary N) is 1. The fourth-order valence-electron chi connectivity index (χ4n) is 1.41. The van der Waals surface area contributed by atoms with E-state index >= 15 is 0 Å². The highest BCUT2D eigenvalue weighted by Crippen LogP contribution is 2.32. The summed E-state index contributed by atoms with van der Waals surface area (Å²) in [6.45, 7) is 0. The lowest BCUT2D eigenvalue weighted by Crippen LogP contribution is -2.13. The van der Waals surface area contributed by atoms with E-state index in [2.05, 4.69) is 4.72 Å². The fourth-order valence-corrected chi connectivity index (χ4v) is 2.80. The van der Waals surface area contributed by atoms with Crippen molar-refractivity contribution in [1.82, 2.24) is 0 Å². The first kappa shape index (κ1) is 12.7. The summed E-state index contributed by atoms with van der Waals surface area (Å²) < 4.78 is 26.3. The van der Waals surface area contributed by atoms with Crippen molar-refractivity contribution >= 4 is 27.3 Å². The van der Waals surface area contributed by atoms with Crippen molar-refractivity contribution in [3.8, 4) is 5.75 Å². The SMILES string of the molecule is O=S(=O)(Nc1c(O)cccc1Cl)c1ccccc1. The number of para-hydroxylation sites is 1. The van der Waals surface area contributed by atoms with Crippen LogP contribution in [0.25, 0.3) is 0 Å². The Morgan fingerprint density at radius 3 is 2.28 bits per heavy atom. The van der Waals surface area contributed by atoms with Gasteiger partial charge in [0.15, 0.2) is 0 Å². The van der Waals surface area contributed by atoms with Gasteiger partial charge in [0.25, 0.3) is 10.0 Å². The number of hydrogen-bond donors (Lipinski definition) is 2. The minimum absolute atomic E-state index is 0.0250. The van der Waals surface area contributed by atoms with Gasteiger partial charge in [0.05, 0.1) is 9.92 Å². The first-order valence-corrected chi connectivity index (χ1v) is 6.92. The molecule has 0 unspecified atom stereocenters. The van der Waals surface area contributed by atoms with Crippen molar-refractivity contribution in [3.05, 3.63) is 53.6 Å². The molecule has 2 rings (SSSR count). The number of benzene rings is 2. The maximum Gasteiger partial charge on any atom is 0.262 e. The molecule has 2 aromatic carbocycles. The molecule has 0 fully saturated rings. The second-order valence-electron chi connectivity index (χ2n) is 3.55. The van der Waals surface area contributed by atoms with Gasteiger partial charge < -0.3 is 5.11 Å². The number of anilines is 1. The van der Waals surface area contributed by atoms with Crippen LogP contribution < -0.4 is 4.72 Å². The van der Waals surface area contributed by atoms with Crippen LogP contribution in [0, 0.1) is 0 Å². The van der Waals surface area contributed by atoms with Gasteiger partial charge in [-0.3, -0.25) is 4.72 Å². The van der Waals surface area contributed by atoms with E-state index in [9.17, 15) is 13.5 Å². The molecule has 6 heteroatoms. The number of phenolic OH excluding ortho intramolecular Hbond substituents is 1. The number of phenols is 1. The predicted octanol–water partition coefficient (Wildman–Crippen LogP) is 2.85. The maximum absolute atomic E-state index is 12.0. The number of halogens is 1. The van der Waals surface area contributed by atoms with Crippen LogP contribution in [0.4, 0.5) is 5.69 Å². The molecule has 0 amide bonds. The Bertz CT molecular complexity index is 636. The minimum atomic E-state index is -3.75. The molecule has 0 saturated heterocycles. The number of rotatable bonds is 3. The van der Waals surface area contributed by atoms with Gasteiger partial charge in [-0.25, -0.2) is 8.42 Å². The van der Waals surface area contributed by atoms with Crippen molar-refractivity contribution in [3.63, 3.8) is 0 Å². The van der Waals surface area contributed by atoms with Crippen LogP contribution in [0.3, 0.4) is 0 Å². The van der Waals surface area contributed by atoms with Crippen molar-refractivity contribution in [2.75, 3.05) is 4.72 Å². The first-order valence-electron chi connectivity index (χ1n) is 5.06. The molecular weight excluding hydrogens is 274 g/mol. The maximum atomic E-state index is 12.0. The van der Waals surface area contributed by atoms with Crippen molar-refractivity contribution in [1.29, 1.82) is 0 Å². The van der Waals surface area contributed by atoms with E-state index in [1.54, 1.807) is 18.2 Å². The average Bonchev–Trinajstić information content (AvgIpc) is 2.35. The molecule has 0 aliphatic carbocycles. The molecule has 0 aromatic heterocycles. The van der Waals surface area contributed by atoms with E-state index in [-0.39, 0.29) is 21.4 Å². The Morgan fingerprint density at radius 1 is 1.00 bits per heavy atom. The van der Waals surface area contributed by atoms with Gasteiger partial charge in [0, 0.05) is 0 Å². The zero-order valence-electron chi connectivity index (χ0n) is 9.17. The lowest BCUT2D eigenvalue weighted by Gasteiger charge is -2.10. The second kappa shape index (κ2) is 4.88. The zero-order chi connectivity index (χ0) is 13.2. The summed E-state index contributed by atoms with van der Waals surface area (Å²) in [6.07, 6.45) is 0. The van der Waals surface area contributed by atoms with Crippen LogP contribution >= 0.6 is 11.6 Å². The van der Waals surface area contributed by atoms with E-state index in [0.717, 1.165) is 0 Å². The highest BCUT2D eigenvalue weighted by Gasteiger charge is 2.17. The molecule has 0 atom stereocenters. The molecule has 4 nitrogen and oxygen atoms in total. The first-order chi connectivity index (χ1) is 8.50. The highest BCUT2D eigenvalue weighted by molar-refractivity contribution is 7.92. The summed E-state index contributed by atoms with van der Waals surface area (Å²) in [4.78, 5) is 0.101. The smallest absolute Gasteiger partial charge is 0.262 e. The minimum Gasteiger partial charge on any atom is -0.506 e. The van der Waals surface area contributed by atoms with Crippen LogP contribution in [0.5, 0.6) is 5.75 Å².